The van der Waals surface area contributed by atoms with Gasteiger partial charge in [0.1, 0.15) is 0 Å². The Hall–Kier alpha value is -2.20. The van der Waals surface area contributed by atoms with Gasteiger partial charge in [0.2, 0.25) is 5.91 Å². The minimum atomic E-state index is 0.0255. The van der Waals surface area contributed by atoms with Crippen LogP contribution in [0.1, 0.15) is 19.4 Å². The highest BCUT2D eigenvalue weighted by Gasteiger charge is 2.10. The molecule has 0 bridgehead atoms. The van der Waals surface area contributed by atoms with E-state index in [1.807, 2.05) is 18.2 Å². The zero-order valence-electron chi connectivity index (χ0n) is 14.1. The van der Waals surface area contributed by atoms with Gasteiger partial charge in [-0.2, -0.15) is 0 Å². The SMILES string of the molecule is CCc1ccc(NC(=O)CSc2cn(CC)c3ccccc23)cc1. The van der Waals surface area contributed by atoms with E-state index in [2.05, 4.69) is 60.3 Å². The molecule has 3 rings (SSSR count). The van der Waals surface area contributed by atoms with Crippen LogP contribution in [0.15, 0.2) is 59.6 Å². The van der Waals surface area contributed by atoms with Gasteiger partial charge in [-0.05, 0) is 37.1 Å². The lowest BCUT2D eigenvalue weighted by molar-refractivity contribution is -0.113. The number of aromatic nitrogens is 1. The van der Waals surface area contributed by atoms with Gasteiger partial charge in [0, 0.05) is 34.2 Å². The van der Waals surface area contributed by atoms with Crippen molar-refractivity contribution >= 4 is 34.3 Å². The van der Waals surface area contributed by atoms with Crippen molar-refractivity contribution in [2.45, 2.75) is 31.7 Å². The summed E-state index contributed by atoms with van der Waals surface area (Å²) in [5.74, 6) is 0.436. The fourth-order valence-corrected chi connectivity index (χ4v) is 3.64. The number of carbonyl (C=O) groups excluding carboxylic acids is 1. The Morgan fingerprint density at radius 3 is 2.54 bits per heavy atom. The van der Waals surface area contributed by atoms with E-state index in [1.54, 1.807) is 11.8 Å². The Morgan fingerprint density at radius 2 is 1.83 bits per heavy atom. The van der Waals surface area contributed by atoms with E-state index in [-0.39, 0.29) is 5.91 Å². The summed E-state index contributed by atoms with van der Waals surface area (Å²) >= 11 is 1.59. The first-order valence-electron chi connectivity index (χ1n) is 8.30. The highest BCUT2D eigenvalue weighted by Crippen LogP contribution is 2.30. The van der Waals surface area contributed by atoms with Crippen LogP contribution in [0.3, 0.4) is 0 Å². The number of nitrogens with one attached hydrogen (secondary N) is 1. The summed E-state index contributed by atoms with van der Waals surface area (Å²) in [6.07, 6.45) is 3.14. The van der Waals surface area contributed by atoms with Crippen molar-refractivity contribution < 1.29 is 4.79 Å². The van der Waals surface area contributed by atoms with Crippen LogP contribution in [0.4, 0.5) is 5.69 Å². The maximum absolute atomic E-state index is 12.2. The highest BCUT2D eigenvalue weighted by atomic mass is 32.2. The molecule has 0 fully saturated rings. The number of amides is 1. The number of thioether (sulfide) groups is 1. The molecule has 1 N–H and O–H groups in total. The van der Waals surface area contributed by atoms with Crippen molar-refractivity contribution in [2.24, 2.45) is 0 Å². The number of hydrogen-bond acceptors (Lipinski definition) is 2. The quantitative estimate of drug-likeness (QED) is 0.645. The first-order valence-corrected chi connectivity index (χ1v) is 9.29. The second kappa shape index (κ2) is 7.58. The molecule has 0 saturated heterocycles. The van der Waals surface area contributed by atoms with E-state index in [0.717, 1.165) is 23.5 Å². The standard InChI is InChI=1S/C20H22N2OS/c1-3-15-9-11-16(12-10-15)21-20(23)14-24-19-13-22(4-2)18-8-6-5-7-17(18)19/h5-13H,3-4,14H2,1-2H3,(H,21,23). The Bertz CT molecular complexity index is 836. The van der Waals surface area contributed by atoms with Crippen LogP contribution < -0.4 is 5.32 Å². The predicted octanol–water partition coefficient (Wildman–Crippen LogP) is 4.95. The average Bonchev–Trinajstić information content (AvgIpc) is 2.99. The molecule has 0 aliphatic heterocycles. The molecule has 1 aromatic heterocycles. The molecule has 0 saturated carbocycles. The van der Waals surface area contributed by atoms with Crippen molar-refractivity contribution in [1.82, 2.24) is 4.57 Å². The number of benzene rings is 2. The molecule has 0 aliphatic carbocycles. The molecule has 3 nitrogen and oxygen atoms in total. The molecule has 0 spiro atoms. The van der Waals surface area contributed by atoms with Crippen molar-refractivity contribution in [2.75, 3.05) is 11.1 Å². The number of nitrogens with zero attached hydrogens (tertiary/aromatic N) is 1. The minimum Gasteiger partial charge on any atom is -0.347 e. The topological polar surface area (TPSA) is 34.0 Å². The molecule has 1 amide bonds. The van der Waals surface area contributed by atoms with Crippen LogP contribution >= 0.6 is 11.8 Å². The summed E-state index contributed by atoms with van der Waals surface area (Å²) in [5.41, 5.74) is 3.35. The van der Waals surface area contributed by atoms with Crippen LogP contribution in [0, 0.1) is 0 Å². The highest BCUT2D eigenvalue weighted by molar-refractivity contribution is 8.00. The monoisotopic (exact) mass is 338 g/mol. The summed E-state index contributed by atoms with van der Waals surface area (Å²) in [6, 6.07) is 16.4. The van der Waals surface area contributed by atoms with Gasteiger partial charge >= 0.3 is 0 Å². The van der Waals surface area contributed by atoms with Gasteiger partial charge in [-0.1, -0.05) is 37.3 Å². The molecule has 24 heavy (non-hydrogen) atoms. The van der Waals surface area contributed by atoms with Crippen LogP contribution in [-0.4, -0.2) is 16.2 Å². The van der Waals surface area contributed by atoms with Gasteiger partial charge in [0.25, 0.3) is 0 Å². The van der Waals surface area contributed by atoms with Crippen LogP contribution in [-0.2, 0) is 17.8 Å². The van der Waals surface area contributed by atoms with Gasteiger partial charge in [-0.15, -0.1) is 11.8 Å². The van der Waals surface area contributed by atoms with Gasteiger partial charge < -0.3 is 9.88 Å². The van der Waals surface area contributed by atoms with E-state index < -0.39 is 0 Å². The number of rotatable bonds is 6. The van der Waals surface area contributed by atoms with Crippen LogP contribution in [0.5, 0.6) is 0 Å². The maximum Gasteiger partial charge on any atom is 0.234 e. The second-order valence-electron chi connectivity index (χ2n) is 5.68. The smallest absolute Gasteiger partial charge is 0.234 e. The number of aryl methyl sites for hydroxylation is 2. The summed E-state index contributed by atoms with van der Waals surface area (Å²) in [5, 5.41) is 4.18. The van der Waals surface area contributed by atoms with Crippen LogP contribution in [0.25, 0.3) is 10.9 Å². The third kappa shape index (κ3) is 3.65. The third-order valence-corrected chi connectivity index (χ3v) is 5.14. The van der Waals surface area contributed by atoms with E-state index in [4.69, 9.17) is 0 Å². The maximum atomic E-state index is 12.2. The summed E-state index contributed by atoms with van der Waals surface area (Å²) < 4.78 is 2.22. The van der Waals surface area contributed by atoms with Gasteiger partial charge in [-0.25, -0.2) is 0 Å². The molecule has 3 aromatic rings. The Labute approximate surface area is 147 Å². The fraction of sp³-hybridized carbons (Fsp3) is 0.250. The van der Waals surface area contributed by atoms with E-state index >= 15 is 0 Å². The van der Waals surface area contributed by atoms with Gasteiger partial charge in [0.15, 0.2) is 0 Å². The Kier molecular flexibility index (Phi) is 5.26. The zero-order chi connectivity index (χ0) is 16.9. The van der Waals surface area contributed by atoms with Crippen molar-refractivity contribution in [3.63, 3.8) is 0 Å². The summed E-state index contributed by atoms with van der Waals surface area (Å²) in [6.45, 7) is 5.18. The molecule has 1 heterocycles. The lowest BCUT2D eigenvalue weighted by Gasteiger charge is -2.05. The zero-order valence-corrected chi connectivity index (χ0v) is 14.9. The number of hydrogen-bond donors (Lipinski definition) is 1. The van der Waals surface area contributed by atoms with Gasteiger partial charge in [-0.3, -0.25) is 4.79 Å². The molecule has 0 atom stereocenters. The molecule has 0 radical (unpaired) electrons. The minimum absolute atomic E-state index is 0.0255. The molecule has 0 aliphatic rings. The van der Waals surface area contributed by atoms with Crippen molar-refractivity contribution in [3.8, 4) is 0 Å². The average molecular weight is 338 g/mol. The number of fused-ring (bicyclic) bond motifs is 1. The normalized spacial score (nSPS) is 10.9. The molecular formula is C20H22N2OS. The summed E-state index contributed by atoms with van der Waals surface area (Å²) in [7, 11) is 0. The molecule has 4 heteroatoms. The lowest BCUT2D eigenvalue weighted by Crippen LogP contribution is -2.13. The molecule has 124 valence electrons. The molecule has 0 unspecified atom stereocenters. The van der Waals surface area contributed by atoms with Gasteiger partial charge in [0.05, 0.1) is 5.75 Å². The van der Waals surface area contributed by atoms with Crippen molar-refractivity contribution in [1.29, 1.82) is 0 Å². The van der Waals surface area contributed by atoms with E-state index in [0.29, 0.717) is 5.75 Å². The van der Waals surface area contributed by atoms with E-state index in [9.17, 15) is 4.79 Å². The molecular weight excluding hydrogens is 316 g/mol. The first-order chi connectivity index (χ1) is 11.7. The van der Waals surface area contributed by atoms with Crippen molar-refractivity contribution in [3.05, 3.63) is 60.3 Å². The number of carbonyl (C=O) groups is 1. The first kappa shape index (κ1) is 16.7. The number of anilines is 1. The van der Waals surface area contributed by atoms with E-state index in [1.165, 1.54) is 16.5 Å². The predicted molar refractivity (Wildman–Crippen MR) is 103 cm³/mol. The fourth-order valence-electron chi connectivity index (χ4n) is 2.75. The molecule has 2 aromatic carbocycles. The Balaban J connectivity index is 1.65. The summed E-state index contributed by atoms with van der Waals surface area (Å²) in [4.78, 5) is 13.4. The third-order valence-electron chi connectivity index (χ3n) is 4.10. The lowest BCUT2D eigenvalue weighted by atomic mass is 10.1. The second-order valence-corrected chi connectivity index (χ2v) is 6.70. The van der Waals surface area contributed by atoms with Crippen LogP contribution in [0.2, 0.25) is 0 Å². The Morgan fingerprint density at radius 1 is 1.08 bits per heavy atom. The number of para-hydroxylation sites is 1. The largest absolute Gasteiger partial charge is 0.347 e.